The summed E-state index contributed by atoms with van der Waals surface area (Å²) in [7, 11) is 0. The maximum atomic E-state index is 13.4. The predicted octanol–water partition coefficient (Wildman–Crippen LogP) is 1.09. The minimum absolute atomic E-state index is 0.232. The van der Waals surface area contributed by atoms with E-state index in [4.69, 9.17) is 0 Å². The van der Waals surface area contributed by atoms with E-state index in [9.17, 15) is 4.79 Å². The minimum atomic E-state index is -0.518. The van der Waals surface area contributed by atoms with E-state index in [0.29, 0.717) is 5.92 Å². The van der Waals surface area contributed by atoms with Gasteiger partial charge in [-0.15, -0.1) is 0 Å². The lowest BCUT2D eigenvalue weighted by Crippen LogP contribution is -2.56. The topological polar surface area (TPSA) is 78.8 Å². The van der Waals surface area contributed by atoms with E-state index < -0.39 is 5.54 Å². The zero-order chi connectivity index (χ0) is 16.4. The highest BCUT2D eigenvalue weighted by molar-refractivity contribution is 5.84. The normalized spacial score (nSPS) is 21.8. The predicted molar refractivity (Wildman–Crippen MR) is 89.4 cm³/mol. The van der Waals surface area contributed by atoms with Crippen molar-refractivity contribution in [3.63, 3.8) is 0 Å². The van der Waals surface area contributed by atoms with Gasteiger partial charge >= 0.3 is 0 Å². The van der Waals surface area contributed by atoms with Gasteiger partial charge in [0, 0.05) is 43.3 Å². The molecule has 0 unspecified atom stereocenters. The second kappa shape index (κ2) is 6.39. The third-order valence-corrected chi connectivity index (χ3v) is 5.52. The van der Waals surface area contributed by atoms with Gasteiger partial charge in [0.05, 0.1) is 0 Å². The van der Waals surface area contributed by atoms with Gasteiger partial charge in [0.2, 0.25) is 0 Å². The molecule has 2 aromatic heterocycles. The lowest BCUT2D eigenvalue weighted by molar-refractivity contribution is -0.144. The first kappa shape index (κ1) is 15.4. The van der Waals surface area contributed by atoms with Crippen LogP contribution >= 0.6 is 0 Å². The monoisotopic (exact) mass is 328 g/mol. The van der Waals surface area contributed by atoms with Gasteiger partial charge in [-0.05, 0) is 50.9 Å². The molecule has 0 bridgehead atoms. The summed E-state index contributed by atoms with van der Waals surface area (Å²) < 4.78 is 1.89. The van der Waals surface area contributed by atoms with Crippen LogP contribution in [0.1, 0.15) is 37.3 Å². The number of aromatic amines is 1. The molecular formula is C17H24N6O. The van der Waals surface area contributed by atoms with E-state index in [1.807, 2.05) is 27.9 Å². The van der Waals surface area contributed by atoms with Crippen molar-refractivity contribution in [2.75, 3.05) is 26.2 Å². The molecule has 128 valence electrons. The van der Waals surface area contributed by atoms with E-state index in [0.717, 1.165) is 51.9 Å². The van der Waals surface area contributed by atoms with Gasteiger partial charge in [-0.25, -0.2) is 0 Å². The van der Waals surface area contributed by atoms with Gasteiger partial charge in [-0.3, -0.25) is 14.6 Å². The summed E-state index contributed by atoms with van der Waals surface area (Å²) in [6.07, 6.45) is 9.07. The Morgan fingerprint density at radius 1 is 1.21 bits per heavy atom. The van der Waals surface area contributed by atoms with Crippen molar-refractivity contribution in [2.24, 2.45) is 0 Å². The lowest BCUT2D eigenvalue weighted by Gasteiger charge is -2.42. The molecule has 2 fully saturated rings. The van der Waals surface area contributed by atoms with Crippen molar-refractivity contribution < 1.29 is 4.79 Å². The second-order valence-corrected chi connectivity index (χ2v) is 6.81. The fourth-order valence-electron chi connectivity index (χ4n) is 4.09. The van der Waals surface area contributed by atoms with Crippen LogP contribution in [0.3, 0.4) is 0 Å². The van der Waals surface area contributed by atoms with Crippen LogP contribution in [0, 0.1) is 0 Å². The Morgan fingerprint density at radius 2 is 2.00 bits per heavy atom. The summed E-state index contributed by atoms with van der Waals surface area (Å²) in [5.74, 6) is 0.709. The number of hydrogen-bond acceptors (Lipinski definition) is 4. The largest absolute Gasteiger partial charge is 0.341 e. The molecule has 2 aliphatic heterocycles. The SMILES string of the molecule is O=C(N1CCC(c2ccn[nH]2)CC1)C1(n2cccn2)CCNCC1. The lowest BCUT2D eigenvalue weighted by atomic mass is 9.85. The van der Waals surface area contributed by atoms with Crippen molar-refractivity contribution in [1.29, 1.82) is 0 Å². The van der Waals surface area contributed by atoms with Gasteiger partial charge in [0.15, 0.2) is 0 Å². The van der Waals surface area contributed by atoms with Crippen LogP contribution < -0.4 is 5.32 Å². The standard InChI is InChI=1S/C17H24N6O/c24-16(17(5-9-18-10-6-17)23-11-1-7-20-23)22-12-3-14(4-13-22)15-2-8-19-21-15/h1-2,7-8,11,14,18H,3-6,9-10,12-13H2,(H,19,21). The summed E-state index contributed by atoms with van der Waals surface area (Å²) in [6, 6.07) is 3.95. The van der Waals surface area contributed by atoms with Gasteiger partial charge in [-0.1, -0.05) is 0 Å². The average Bonchev–Trinajstić information content (AvgIpc) is 3.35. The average molecular weight is 328 g/mol. The third-order valence-electron chi connectivity index (χ3n) is 5.52. The van der Waals surface area contributed by atoms with Crippen molar-refractivity contribution in [3.05, 3.63) is 36.4 Å². The molecule has 2 saturated heterocycles. The molecule has 0 spiro atoms. The molecule has 24 heavy (non-hydrogen) atoms. The number of nitrogens with one attached hydrogen (secondary N) is 2. The number of hydrogen-bond donors (Lipinski definition) is 2. The summed E-state index contributed by atoms with van der Waals surface area (Å²) in [4.78, 5) is 15.4. The number of likely N-dealkylation sites (tertiary alicyclic amines) is 1. The van der Waals surface area contributed by atoms with Gasteiger partial charge in [0.25, 0.3) is 5.91 Å². The maximum Gasteiger partial charge on any atom is 0.250 e. The maximum absolute atomic E-state index is 13.4. The first-order chi connectivity index (χ1) is 11.8. The summed E-state index contributed by atoms with van der Waals surface area (Å²) in [5.41, 5.74) is 0.668. The van der Waals surface area contributed by atoms with Crippen LogP contribution in [0.25, 0.3) is 0 Å². The number of nitrogens with zero attached hydrogens (tertiary/aromatic N) is 4. The Hall–Kier alpha value is -2.15. The van der Waals surface area contributed by atoms with E-state index in [1.165, 1.54) is 5.69 Å². The van der Waals surface area contributed by atoms with Crippen LogP contribution in [-0.2, 0) is 10.3 Å². The fourth-order valence-corrected chi connectivity index (χ4v) is 4.09. The van der Waals surface area contributed by atoms with Crippen LogP contribution in [0.2, 0.25) is 0 Å². The molecule has 2 N–H and O–H groups in total. The van der Waals surface area contributed by atoms with E-state index in [-0.39, 0.29) is 5.91 Å². The number of carbonyl (C=O) groups excluding carboxylic acids is 1. The quantitative estimate of drug-likeness (QED) is 0.884. The highest BCUT2D eigenvalue weighted by atomic mass is 16.2. The van der Waals surface area contributed by atoms with E-state index in [2.05, 4.69) is 20.6 Å². The molecule has 7 heteroatoms. The molecule has 0 aliphatic carbocycles. The smallest absolute Gasteiger partial charge is 0.250 e. The summed E-state index contributed by atoms with van der Waals surface area (Å²) in [5, 5.41) is 14.9. The number of carbonyl (C=O) groups is 1. The van der Waals surface area contributed by atoms with Crippen LogP contribution in [0.4, 0.5) is 0 Å². The van der Waals surface area contributed by atoms with E-state index in [1.54, 1.807) is 12.4 Å². The number of piperidine rings is 2. The fraction of sp³-hybridized carbons (Fsp3) is 0.588. The van der Waals surface area contributed by atoms with Crippen LogP contribution in [0.15, 0.2) is 30.7 Å². The van der Waals surface area contributed by atoms with Crippen molar-refractivity contribution in [3.8, 4) is 0 Å². The Balaban J connectivity index is 1.50. The highest BCUT2D eigenvalue weighted by Crippen LogP contribution is 2.33. The molecule has 0 saturated carbocycles. The molecule has 0 aromatic carbocycles. The Kier molecular flexibility index (Phi) is 4.10. The molecular weight excluding hydrogens is 304 g/mol. The second-order valence-electron chi connectivity index (χ2n) is 6.81. The molecule has 4 rings (SSSR count). The van der Waals surface area contributed by atoms with Crippen LogP contribution in [0.5, 0.6) is 0 Å². The molecule has 4 heterocycles. The zero-order valence-corrected chi connectivity index (χ0v) is 13.8. The number of H-pyrrole nitrogens is 1. The molecule has 0 radical (unpaired) electrons. The summed E-state index contributed by atoms with van der Waals surface area (Å²) in [6.45, 7) is 3.32. The third kappa shape index (κ3) is 2.62. The van der Waals surface area contributed by atoms with Crippen molar-refractivity contribution in [2.45, 2.75) is 37.1 Å². The van der Waals surface area contributed by atoms with Crippen molar-refractivity contribution in [1.82, 2.24) is 30.2 Å². The summed E-state index contributed by atoms with van der Waals surface area (Å²) >= 11 is 0. The van der Waals surface area contributed by atoms with Gasteiger partial charge in [-0.2, -0.15) is 10.2 Å². The number of rotatable bonds is 3. The number of amides is 1. The Labute approximate surface area is 141 Å². The van der Waals surface area contributed by atoms with E-state index >= 15 is 0 Å². The highest BCUT2D eigenvalue weighted by Gasteiger charge is 2.45. The number of aromatic nitrogens is 4. The first-order valence-electron chi connectivity index (χ1n) is 8.79. The zero-order valence-electron chi connectivity index (χ0n) is 13.8. The first-order valence-corrected chi connectivity index (χ1v) is 8.79. The van der Waals surface area contributed by atoms with Crippen molar-refractivity contribution >= 4 is 5.91 Å². The van der Waals surface area contributed by atoms with Crippen LogP contribution in [-0.4, -0.2) is 57.0 Å². The van der Waals surface area contributed by atoms with Gasteiger partial charge < -0.3 is 10.2 Å². The molecule has 0 atom stereocenters. The molecule has 7 nitrogen and oxygen atoms in total. The molecule has 1 amide bonds. The molecule has 2 aromatic rings. The minimum Gasteiger partial charge on any atom is -0.341 e. The molecule has 2 aliphatic rings. The van der Waals surface area contributed by atoms with Gasteiger partial charge in [0.1, 0.15) is 5.54 Å². The Morgan fingerprint density at radius 3 is 2.62 bits per heavy atom. The Bertz CT molecular complexity index is 651.